The number of rotatable bonds is 4. The van der Waals surface area contributed by atoms with Crippen molar-refractivity contribution in [3.8, 4) is 0 Å². The first-order chi connectivity index (χ1) is 10.4. The van der Waals surface area contributed by atoms with Crippen LogP contribution in [0.15, 0.2) is 40.2 Å². The van der Waals surface area contributed by atoms with Gasteiger partial charge in [-0.05, 0) is 23.6 Å². The zero-order valence-corrected chi connectivity index (χ0v) is 13.0. The number of aryl methyl sites for hydroxylation is 1. The number of carbonyl (C=O) groups is 1. The first-order valence-corrected chi connectivity index (χ1v) is 8.49. The topological polar surface area (TPSA) is 101 Å². The molecule has 2 aromatic heterocycles. The van der Waals surface area contributed by atoms with Crippen LogP contribution in [-0.4, -0.2) is 29.0 Å². The fourth-order valence-corrected chi connectivity index (χ4v) is 4.17. The van der Waals surface area contributed by atoms with Crippen LogP contribution in [0.25, 0.3) is 11.0 Å². The van der Waals surface area contributed by atoms with Crippen molar-refractivity contribution in [2.45, 2.75) is 4.21 Å². The van der Waals surface area contributed by atoms with E-state index in [2.05, 4.69) is 9.71 Å². The third kappa shape index (κ3) is 2.44. The second kappa shape index (κ2) is 5.11. The molecule has 0 unspecified atom stereocenters. The molecule has 0 amide bonds. The Kier molecular flexibility index (Phi) is 3.38. The Morgan fingerprint density at radius 1 is 1.41 bits per heavy atom. The number of hydrogen-bond acceptors (Lipinski definition) is 5. The first kappa shape index (κ1) is 14.5. The molecule has 0 spiro atoms. The summed E-state index contributed by atoms with van der Waals surface area (Å²) >= 11 is 1.08. The largest absolute Gasteiger partial charge is 0.478 e. The highest BCUT2D eigenvalue weighted by Crippen LogP contribution is 2.26. The fourth-order valence-electron chi connectivity index (χ4n) is 2.14. The molecule has 0 aliphatic rings. The number of anilines is 1. The van der Waals surface area contributed by atoms with Crippen LogP contribution in [0, 0.1) is 0 Å². The molecule has 0 fully saturated rings. The number of benzene rings is 1. The van der Waals surface area contributed by atoms with Gasteiger partial charge in [-0.3, -0.25) is 4.72 Å². The predicted octanol–water partition coefficient (Wildman–Crippen LogP) is 2.13. The number of nitrogens with zero attached hydrogens (tertiary/aromatic N) is 2. The molecule has 2 heterocycles. The maximum atomic E-state index is 12.2. The molecule has 3 rings (SSSR count). The molecule has 9 heteroatoms. The van der Waals surface area contributed by atoms with Gasteiger partial charge in [-0.1, -0.05) is 6.07 Å². The lowest BCUT2D eigenvalue weighted by Crippen LogP contribution is -2.12. The molecular formula is C13H11N3O4S2. The van der Waals surface area contributed by atoms with Crippen molar-refractivity contribution in [1.29, 1.82) is 0 Å². The molecule has 114 valence electrons. The lowest BCUT2D eigenvalue weighted by molar-refractivity contribution is 0.0698. The number of aromatic carboxylic acids is 1. The quantitative estimate of drug-likeness (QED) is 0.759. The monoisotopic (exact) mass is 337 g/mol. The van der Waals surface area contributed by atoms with Gasteiger partial charge in [0, 0.05) is 7.05 Å². The van der Waals surface area contributed by atoms with E-state index in [1.54, 1.807) is 23.1 Å². The molecule has 0 aliphatic carbocycles. The first-order valence-electron chi connectivity index (χ1n) is 6.13. The smallest absolute Gasteiger partial charge is 0.337 e. The third-order valence-electron chi connectivity index (χ3n) is 3.06. The maximum Gasteiger partial charge on any atom is 0.337 e. The molecular weight excluding hydrogens is 326 g/mol. The summed E-state index contributed by atoms with van der Waals surface area (Å²) in [4.78, 5) is 15.5. The molecule has 7 nitrogen and oxygen atoms in total. The van der Waals surface area contributed by atoms with Gasteiger partial charge in [-0.2, -0.15) is 0 Å². The maximum absolute atomic E-state index is 12.2. The number of aromatic nitrogens is 2. The Balaban J connectivity index is 2.11. The van der Waals surface area contributed by atoms with Crippen molar-refractivity contribution in [2.24, 2.45) is 7.05 Å². The van der Waals surface area contributed by atoms with Gasteiger partial charge in [-0.25, -0.2) is 18.2 Å². The van der Waals surface area contributed by atoms with Crippen LogP contribution in [0.4, 0.5) is 5.69 Å². The van der Waals surface area contributed by atoms with Crippen molar-refractivity contribution in [3.05, 3.63) is 41.5 Å². The Morgan fingerprint density at radius 3 is 2.82 bits per heavy atom. The number of imidazole rings is 1. The van der Waals surface area contributed by atoms with Crippen LogP contribution in [0.2, 0.25) is 0 Å². The molecule has 2 N–H and O–H groups in total. The van der Waals surface area contributed by atoms with E-state index in [9.17, 15) is 18.3 Å². The highest BCUT2D eigenvalue weighted by Gasteiger charge is 2.19. The minimum Gasteiger partial charge on any atom is -0.478 e. The van der Waals surface area contributed by atoms with Gasteiger partial charge in [0.05, 0.1) is 28.6 Å². The molecule has 22 heavy (non-hydrogen) atoms. The van der Waals surface area contributed by atoms with Crippen LogP contribution in [0.5, 0.6) is 0 Å². The van der Waals surface area contributed by atoms with E-state index >= 15 is 0 Å². The molecule has 0 saturated carbocycles. The van der Waals surface area contributed by atoms with Gasteiger partial charge < -0.3 is 9.67 Å². The van der Waals surface area contributed by atoms with Gasteiger partial charge in [0.25, 0.3) is 10.0 Å². The van der Waals surface area contributed by atoms with Crippen molar-refractivity contribution in [1.82, 2.24) is 9.55 Å². The SMILES string of the molecule is Cn1cnc2cc(NS(=O)(=O)c3cccs3)cc(C(=O)O)c21. The molecule has 1 aromatic carbocycles. The Bertz CT molecular complexity index is 959. The van der Waals surface area contributed by atoms with Gasteiger partial charge >= 0.3 is 5.97 Å². The molecule has 0 bridgehead atoms. The fraction of sp³-hybridized carbons (Fsp3) is 0.0769. The summed E-state index contributed by atoms with van der Waals surface area (Å²) in [7, 11) is -2.06. The van der Waals surface area contributed by atoms with Gasteiger partial charge in [-0.15, -0.1) is 11.3 Å². The number of sulfonamides is 1. The van der Waals surface area contributed by atoms with Crippen LogP contribution in [-0.2, 0) is 17.1 Å². The minimum atomic E-state index is -3.73. The van der Waals surface area contributed by atoms with Gasteiger partial charge in [0.1, 0.15) is 4.21 Å². The highest BCUT2D eigenvalue weighted by atomic mass is 32.2. The molecule has 0 saturated heterocycles. The van der Waals surface area contributed by atoms with E-state index in [1.165, 1.54) is 24.5 Å². The summed E-state index contributed by atoms with van der Waals surface area (Å²) in [6, 6.07) is 5.90. The second-order valence-electron chi connectivity index (χ2n) is 4.59. The predicted molar refractivity (Wildman–Crippen MR) is 82.8 cm³/mol. The number of carboxylic acids is 1. The van der Waals surface area contributed by atoms with Crippen molar-refractivity contribution < 1.29 is 18.3 Å². The van der Waals surface area contributed by atoms with E-state index in [0.717, 1.165) is 11.3 Å². The Morgan fingerprint density at radius 2 is 2.18 bits per heavy atom. The van der Waals surface area contributed by atoms with E-state index in [0.29, 0.717) is 11.0 Å². The van der Waals surface area contributed by atoms with Crippen molar-refractivity contribution in [2.75, 3.05) is 4.72 Å². The highest BCUT2D eigenvalue weighted by molar-refractivity contribution is 7.94. The average Bonchev–Trinajstić information content (AvgIpc) is 3.08. The van der Waals surface area contributed by atoms with E-state index in [4.69, 9.17) is 0 Å². The summed E-state index contributed by atoms with van der Waals surface area (Å²) in [6.45, 7) is 0. The number of thiophene rings is 1. The third-order valence-corrected chi connectivity index (χ3v) is 5.83. The summed E-state index contributed by atoms with van der Waals surface area (Å²) in [5.74, 6) is -1.15. The van der Waals surface area contributed by atoms with Gasteiger partial charge in [0.2, 0.25) is 0 Å². The summed E-state index contributed by atoms with van der Waals surface area (Å²) in [5, 5.41) is 11.0. The van der Waals surface area contributed by atoms with Crippen molar-refractivity contribution >= 4 is 44.1 Å². The van der Waals surface area contributed by atoms with Crippen LogP contribution < -0.4 is 4.72 Å². The zero-order chi connectivity index (χ0) is 15.9. The second-order valence-corrected chi connectivity index (χ2v) is 7.45. The van der Waals surface area contributed by atoms with Gasteiger partial charge in [0.15, 0.2) is 0 Å². The molecule has 3 aromatic rings. The van der Waals surface area contributed by atoms with E-state index in [-0.39, 0.29) is 15.5 Å². The van der Waals surface area contributed by atoms with Crippen LogP contribution in [0.1, 0.15) is 10.4 Å². The molecule has 0 radical (unpaired) electrons. The Labute approximate surface area is 129 Å². The van der Waals surface area contributed by atoms with Crippen LogP contribution in [0.3, 0.4) is 0 Å². The zero-order valence-electron chi connectivity index (χ0n) is 11.3. The van der Waals surface area contributed by atoms with Crippen LogP contribution >= 0.6 is 11.3 Å². The average molecular weight is 337 g/mol. The van der Waals surface area contributed by atoms with E-state index < -0.39 is 16.0 Å². The standard InChI is InChI=1S/C13H11N3O4S2/c1-16-7-14-10-6-8(5-9(12(10)16)13(17)18)15-22(19,20)11-3-2-4-21-11/h2-7,15H,1H3,(H,17,18). The normalized spacial score (nSPS) is 11.7. The number of fused-ring (bicyclic) bond motifs is 1. The molecule has 0 atom stereocenters. The number of nitrogens with one attached hydrogen (secondary N) is 1. The molecule has 0 aliphatic heterocycles. The lowest BCUT2D eigenvalue weighted by Gasteiger charge is -2.08. The Hall–Kier alpha value is -2.39. The van der Waals surface area contributed by atoms with E-state index in [1.807, 2.05) is 0 Å². The number of carboxylic acid groups (broad SMARTS) is 1. The summed E-state index contributed by atoms with van der Waals surface area (Å²) < 4.78 is 28.5. The minimum absolute atomic E-state index is 0.0126. The number of hydrogen-bond donors (Lipinski definition) is 2. The van der Waals surface area contributed by atoms with Crippen molar-refractivity contribution in [3.63, 3.8) is 0 Å². The lowest BCUT2D eigenvalue weighted by atomic mass is 10.1. The summed E-state index contributed by atoms with van der Waals surface area (Å²) in [6.07, 6.45) is 1.48. The summed E-state index contributed by atoms with van der Waals surface area (Å²) in [5.41, 5.74) is 0.997.